The molecule has 0 saturated heterocycles. The van der Waals surface area contributed by atoms with Crippen LogP contribution in [0.5, 0.6) is 0 Å². The van der Waals surface area contributed by atoms with E-state index in [4.69, 9.17) is 5.73 Å². The molecule has 1 heterocycles. The second-order valence-electron chi connectivity index (χ2n) is 6.15. The molecule has 3 nitrogen and oxygen atoms in total. The Labute approximate surface area is 132 Å². The molecule has 4 heteroatoms. The fourth-order valence-electron chi connectivity index (χ4n) is 2.86. The SMILES string of the molecule is CCC(CC)(CCC(C)N)Nc1ccnc2cc(F)ccc12. The Morgan fingerprint density at radius 2 is 2.00 bits per heavy atom. The van der Waals surface area contributed by atoms with E-state index in [2.05, 4.69) is 24.1 Å². The molecule has 0 saturated carbocycles. The highest BCUT2D eigenvalue weighted by Gasteiger charge is 2.26. The van der Waals surface area contributed by atoms with Crippen LogP contribution in [0.3, 0.4) is 0 Å². The zero-order chi connectivity index (χ0) is 16.2. The topological polar surface area (TPSA) is 50.9 Å². The highest BCUT2D eigenvalue weighted by molar-refractivity contribution is 5.91. The summed E-state index contributed by atoms with van der Waals surface area (Å²) in [5, 5.41) is 4.65. The molecule has 0 fully saturated rings. The molecule has 1 atom stereocenters. The predicted octanol–water partition coefficient (Wildman–Crippen LogP) is 4.47. The van der Waals surface area contributed by atoms with Crippen molar-refractivity contribution in [3.8, 4) is 0 Å². The van der Waals surface area contributed by atoms with Crippen LogP contribution in [0.1, 0.15) is 46.5 Å². The molecule has 2 rings (SSSR count). The first kappa shape index (κ1) is 16.7. The average Bonchev–Trinajstić information content (AvgIpc) is 2.51. The van der Waals surface area contributed by atoms with Gasteiger partial charge in [-0.25, -0.2) is 4.39 Å². The molecule has 22 heavy (non-hydrogen) atoms. The molecule has 1 aromatic carbocycles. The maximum atomic E-state index is 13.4. The number of rotatable bonds is 7. The normalized spacial score (nSPS) is 13.3. The minimum atomic E-state index is -0.258. The van der Waals surface area contributed by atoms with E-state index in [1.54, 1.807) is 12.3 Å². The smallest absolute Gasteiger partial charge is 0.125 e. The van der Waals surface area contributed by atoms with E-state index in [9.17, 15) is 4.39 Å². The van der Waals surface area contributed by atoms with Crippen molar-refractivity contribution in [1.29, 1.82) is 0 Å². The lowest BCUT2D eigenvalue weighted by Gasteiger charge is -2.35. The first-order valence-corrected chi connectivity index (χ1v) is 8.07. The van der Waals surface area contributed by atoms with Crippen LogP contribution in [0.25, 0.3) is 10.9 Å². The lowest BCUT2D eigenvalue weighted by molar-refractivity contribution is 0.379. The Morgan fingerprint density at radius 1 is 1.27 bits per heavy atom. The molecular formula is C18H26FN3. The fourth-order valence-corrected chi connectivity index (χ4v) is 2.86. The van der Waals surface area contributed by atoms with Gasteiger partial charge in [-0.1, -0.05) is 13.8 Å². The van der Waals surface area contributed by atoms with E-state index < -0.39 is 0 Å². The van der Waals surface area contributed by atoms with Gasteiger partial charge in [-0.05, 0) is 50.8 Å². The Kier molecular flexibility index (Phi) is 5.35. The van der Waals surface area contributed by atoms with Gasteiger partial charge in [0.15, 0.2) is 0 Å². The zero-order valence-electron chi connectivity index (χ0n) is 13.7. The van der Waals surface area contributed by atoms with Gasteiger partial charge in [0, 0.05) is 34.9 Å². The number of hydrogen-bond acceptors (Lipinski definition) is 3. The molecule has 3 N–H and O–H groups in total. The Morgan fingerprint density at radius 3 is 2.64 bits per heavy atom. The minimum absolute atomic E-state index is 0.0102. The van der Waals surface area contributed by atoms with E-state index >= 15 is 0 Å². The summed E-state index contributed by atoms with van der Waals surface area (Å²) in [5.74, 6) is -0.258. The van der Waals surface area contributed by atoms with Gasteiger partial charge in [0.05, 0.1) is 5.52 Å². The number of anilines is 1. The Balaban J connectivity index is 2.33. The van der Waals surface area contributed by atoms with Gasteiger partial charge in [0.25, 0.3) is 0 Å². The van der Waals surface area contributed by atoms with Gasteiger partial charge < -0.3 is 11.1 Å². The van der Waals surface area contributed by atoms with Crippen LogP contribution in [-0.4, -0.2) is 16.6 Å². The first-order chi connectivity index (χ1) is 10.5. The fraction of sp³-hybridized carbons (Fsp3) is 0.500. The van der Waals surface area contributed by atoms with Crippen LogP contribution in [0, 0.1) is 5.82 Å². The van der Waals surface area contributed by atoms with Crippen LogP contribution >= 0.6 is 0 Å². The van der Waals surface area contributed by atoms with Crippen LogP contribution < -0.4 is 11.1 Å². The molecule has 0 amide bonds. The average molecular weight is 303 g/mol. The van der Waals surface area contributed by atoms with E-state index in [1.807, 2.05) is 13.0 Å². The van der Waals surface area contributed by atoms with Crippen molar-refractivity contribution in [1.82, 2.24) is 4.98 Å². The van der Waals surface area contributed by atoms with Crippen molar-refractivity contribution >= 4 is 16.6 Å². The monoisotopic (exact) mass is 303 g/mol. The maximum absolute atomic E-state index is 13.4. The molecule has 0 bridgehead atoms. The molecule has 0 aliphatic carbocycles. The minimum Gasteiger partial charge on any atom is -0.379 e. The molecular weight excluding hydrogens is 277 g/mol. The Bertz CT molecular complexity index is 621. The van der Waals surface area contributed by atoms with Crippen LogP contribution in [-0.2, 0) is 0 Å². The molecule has 0 spiro atoms. The third kappa shape index (κ3) is 3.74. The van der Waals surface area contributed by atoms with Gasteiger partial charge in [-0.3, -0.25) is 4.98 Å². The molecule has 0 radical (unpaired) electrons. The first-order valence-electron chi connectivity index (χ1n) is 8.07. The van der Waals surface area contributed by atoms with Crippen LogP contribution in [0.2, 0.25) is 0 Å². The van der Waals surface area contributed by atoms with Crippen molar-refractivity contribution in [2.45, 2.75) is 58.0 Å². The van der Waals surface area contributed by atoms with Gasteiger partial charge >= 0.3 is 0 Å². The number of nitrogens with zero attached hydrogens (tertiary/aromatic N) is 1. The number of nitrogens with one attached hydrogen (secondary N) is 1. The molecule has 1 unspecified atom stereocenters. The summed E-state index contributed by atoms with van der Waals surface area (Å²) in [7, 11) is 0. The summed E-state index contributed by atoms with van der Waals surface area (Å²) in [6, 6.07) is 6.91. The second-order valence-corrected chi connectivity index (χ2v) is 6.15. The van der Waals surface area contributed by atoms with Crippen LogP contribution in [0.15, 0.2) is 30.5 Å². The molecule has 0 aliphatic rings. The molecule has 120 valence electrons. The number of aromatic nitrogens is 1. The standard InChI is InChI=1S/C18H26FN3/c1-4-18(5-2,10-8-13(3)20)22-16-9-11-21-17-12-14(19)6-7-15(16)17/h6-7,9,11-13H,4-5,8,10,20H2,1-3H3,(H,21,22). The van der Waals surface area contributed by atoms with E-state index in [-0.39, 0.29) is 17.4 Å². The van der Waals surface area contributed by atoms with Gasteiger partial charge in [-0.2, -0.15) is 0 Å². The van der Waals surface area contributed by atoms with Crippen LogP contribution in [0.4, 0.5) is 10.1 Å². The lowest BCUT2D eigenvalue weighted by Crippen LogP contribution is -2.38. The third-order valence-corrected chi connectivity index (χ3v) is 4.54. The van der Waals surface area contributed by atoms with Gasteiger partial charge in [0.2, 0.25) is 0 Å². The molecule has 2 aromatic rings. The number of nitrogens with two attached hydrogens (primary N) is 1. The number of hydrogen-bond donors (Lipinski definition) is 2. The second kappa shape index (κ2) is 7.05. The summed E-state index contributed by atoms with van der Waals surface area (Å²) in [6.45, 7) is 6.43. The maximum Gasteiger partial charge on any atom is 0.125 e. The summed E-state index contributed by atoms with van der Waals surface area (Å²) < 4.78 is 13.4. The number of halogens is 1. The van der Waals surface area contributed by atoms with Crippen molar-refractivity contribution in [2.24, 2.45) is 5.73 Å². The molecule has 1 aromatic heterocycles. The van der Waals surface area contributed by atoms with Crippen molar-refractivity contribution in [3.63, 3.8) is 0 Å². The zero-order valence-corrected chi connectivity index (χ0v) is 13.7. The quantitative estimate of drug-likeness (QED) is 0.793. The number of benzene rings is 1. The largest absolute Gasteiger partial charge is 0.379 e. The summed E-state index contributed by atoms with van der Waals surface area (Å²) in [4.78, 5) is 4.26. The van der Waals surface area contributed by atoms with Crippen molar-refractivity contribution in [3.05, 3.63) is 36.3 Å². The highest BCUT2D eigenvalue weighted by atomic mass is 19.1. The predicted molar refractivity (Wildman–Crippen MR) is 91.5 cm³/mol. The summed E-state index contributed by atoms with van der Waals surface area (Å²) in [5.41, 5.74) is 7.63. The third-order valence-electron chi connectivity index (χ3n) is 4.54. The van der Waals surface area contributed by atoms with E-state index in [1.165, 1.54) is 12.1 Å². The van der Waals surface area contributed by atoms with Crippen molar-refractivity contribution < 1.29 is 4.39 Å². The molecule has 0 aliphatic heterocycles. The summed E-state index contributed by atoms with van der Waals surface area (Å²) in [6.07, 6.45) is 5.75. The summed E-state index contributed by atoms with van der Waals surface area (Å²) >= 11 is 0. The van der Waals surface area contributed by atoms with Crippen molar-refractivity contribution in [2.75, 3.05) is 5.32 Å². The van der Waals surface area contributed by atoms with Gasteiger partial charge in [0.1, 0.15) is 5.82 Å². The van der Waals surface area contributed by atoms with E-state index in [0.717, 1.165) is 36.8 Å². The number of fused-ring (bicyclic) bond motifs is 1. The highest BCUT2D eigenvalue weighted by Crippen LogP contribution is 2.31. The number of pyridine rings is 1. The van der Waals surface area contributed by atoms with E-state index in [0.29, 0.717) is 5.52 Å². The van der Waals surface area contributed by atoms with Gasteiger partial charge in [-0.15, -0.1) is 0 Å². The Hall–Kier alpha value is -1.68. The lowest BCUT2D eigenvalue weighted by atomic mass is 9.86.